The standard InChI is InChI=1S/C16H27NO2/c1-11(2)15(10-18)16(17-5)13-6-8-14(9-7-13)19-12(3)4/h6-9,11-12,15-18H,10H2,1-5H3. The summed E-state index contributed by atoms with van der Waals surface area (Å²) in [5, 5.41) is 12.9. The summed E-state index contributed by atoms with van der Waals surface area (Å²) in [5.41, 5.74) is 1.19. The molecule has 3 heteroatoms. The van der Waals surface area contributed by atoms with Crippen molar-refractivity contribution in [3.8, 4) is 5.75 Å². The average Bonchev–Trinajstić information content (AvgIpc) is 2.35. The van der Waals surface area contributed by atoms with E-state index in [-0.39, 0.29) is 24.7 Å². The van der Waals surface area contributed by atoms with Crippen molar-refractivity contribution < 1.29 is 9.84 Å². The Morgan fingerprint density at radius 1 is 1.11 bits per heavy atom. The zero-order valence-corrected chi connectivity index (χ0v) is 12.7. The van der Waals surface area contributed by atoms with E-state index in [2.05, 4.69) is 31.3 Å². The minimum absolute atomic E-state index is 0.165. The Bertz CT molecular complexity index is 360. The van der Waals surface area contributed by atoms with E-state index < -0.39 is 0 Å². The van der Waals surface area contributed by atoms with Gasteiger partial charge in [-0.25, -0.2) is 0 Å². The summed E-state index contributed by atoms with van der Waals surface area (Å²) in [6, 6.07) is 8.30. The van der Waals surface area contributed by atoms with Gasteiger partial charge in [-0.2, -0.15) is 0 Å². The Kier molecular flexibility index (Phi) is 6.32. The Labute approximate surface area is 117 Å². The molecule has 1 rings (SSSR count). The van der Waals surface area contributed by atoms with Crippen molar-refractivity contribution >= 4 is 0 Å². The molecule has 0 fully saturated rings. The molecule has 0 aliphatic rings. The van der Waals surface area contributed by atoms with Crippen LogP contribution in [0.15, 0.2) is 24.3 Å². The van der Waals surface area contributed by atoms with Gasteiger partial charge in [0.2, 0.25) is 0 Å². The van der Waals surface area contributed by atoms with Crippen molar-refractivity contribution in [1.29, 1.82) is 0 Å². The summed E-state index contributed by atoms with van der Waals surface area (Å²) in [6.07, 6.45) is 0.187. The zero-order chi connectivity index (χ0) is 14.4. The normalized spacial score (nSPS) is 14.7. The summed E-state index contributed by atoms with van der Waals surface area (Å²) in [6.45, 7) is 8.51. The van der Waals surface area contributed by atoms with Crippen LogP contribution in [0.5, 0.6) is 5.75 Å². The van der Waals surface area contributed by atoms with Crippen LogP contribution >= 0.6 is 0 Å². The molecule has 19 heavy (non-hydrogen) atoms. The summed E-state index contributed by atoms with van der Waals surface area (Å²) in [7, 11) is 1.94. The zero-order valence-electron chi connectivity index (χ0n) is 12.7. The lowest BCUT2D eigenvalue weighted by atomic mass is 9.85. The highest BCUT2D eigenvalue weighted by molar-refractivity contribution is 5.29. The number of aliphatic hydroxyl groups is 1. The number of rotatable bonds is 7. The summed E-state index contributed by atoms with van der Waals surface area (Å²) in [4.78, 5) is 0. The van der Waals surface area contributed by atoms with E-state index in [4.69, 9.17) is 4.74 Å². The van der Waals surface area contributed by atoms with E-state index in [1.807, 2.05) is 33.0 Å². The van der Waals surface area contributed by atoms with Crippen LogP contribution in [0.25, 0.3) is 0 Å². The number of hydrogen-bond acceptors (Lipinski definition) is 3. The lowest BCUT2D eigenvalue weighted by Crippen LogP contribution is -2.31. The Morgan fingerprint density at radius 2 is 1.68 bits per heavy atom. The molecule has 1 aromatic carbocycles. The van der Waals surface area contributed by atoms with Gasteiger partial charge in [0.25, 0.3) is 0 Å². The van der Waals surface area contributed by atoms with Gasteiger partial charge in [-0.05, 0) is 44.5 Å². The molecule has 0 aliphatic heterocycles. The van der Waals surface area contributed by atoms with E-state index in [1.165, 1.54) is 5.56 Å². The fourth-order valence-corrected chi connectivity index (χ4v) is 2.35. The fraction of sp³-hybridized carbons (Fsp3) is 0.625. The second-order valence-electron chi connectivity index (χ2n) is 5.59. The highest BCUT2D eigenvalue weighted by atomic mass is 16.5. The molecule has 0 aromatic heterocycles. The summed E-state index contributed by atoms with van der Waals surface area (Å²) in [5.74, 6) is 1.52. The van der Waals surface area contributed by atoms with E-state index in [0.29, 0.717) is 5.92 Å². The minimum Gasteiger partial charge on any atom is -0.491 e. The second kappa shape index (κ2) is 7.51. The van der Waals surface area contributed by atoms with Gasteiger partial charge in [-0.15, -0.1) is 0 Å². The Balaban J connectivity index is 2.87. The maximum atomic E-state index is 9.57. The summed E-state index contributed by atoms with van der Waals surface area (Å²) < 4.78 is 5.65. The van der Waals surface area contributed by atoms with E-state index in [1.54, 1.807) is 0 Å². The van der Waals surface area contributed by atoms with Gasteiger partial charge in [-0.1, -0.05) is 26.0 Å². The molecule has 0 aliphatic carbocycles. The predicted octanol–water partition coefficient (Wildman–Crippen LogP) is 3.00. The van der Waals surface area contributed by atoms with Crippen LogP contribution < -0.4 is 10.1 Å². The van der Waals surface area contributed by atoms with E-state index in [0.717, 1.165) is 5.75 Å². The molecule has 0 radical (unpaired) electrons. The fourth-order valence-electron chi connectivity index (χ4n) is 2.35. The van der Waals surface area contributed by atoms with Crippen molar-refractivity contribution in [2.75, 3.05) is 13.7 Å². The summed E-state index contributed by atoms with van der Waals surface area (Å²) >= 11 is 0. The van der Waals surface area contributed by atoms with Crippen LogP contribution in [-0.4, -0.2) is 24.9 Å². The third-order valence-corrected chi connectivity index (χ3v) is 3.42. The first-order valence-corrected chi connectivity index (χ1v) is 7.04. The molecule has 0 saturated carbocycles. The van der Waals surface area contributed by atoms with Gasteiger partial charge in [0, 0.05) is 18.6 Å². The topological polar surface area (TPSA) is 41.5 Å². The monoisotopic (exact) mass is 265 g/mol. The number of ether oxygens (including phenoxy) is 1. The van der Waals surface area contributed by atoms with E-state index in [9.17, 15) is 5.11 Å². The molecule has 2 unspecified atom stereocenters. The van der Waals surface area contributed by atoms with Crippen LogP contribution in [-0.2, 0) is 0 Å². The van der Waals surface area contributed by atoms with Crippen molar-refractivity contribution in [3.63, 3.8) is 0 Å². The molecule has 0 bridgehead atoms. The largest absolute Gasteiger partial charge is 0.491 e. The highest BCUT2D eigenvalue weighted by Crippen LogP contribution is 2.28. The second-order valence-corrected chi connectivity index (χ2v) is 5.59. The van der Waals surface area contributed by atoms with Gasteiger partial charge in [-0.3, -0.25) is 0 Å². The molecule has 2 atom stereocenters. The molecule has 1 aromatic rings. The Hall–Kier alpha value is -1.06. The third kappa shape index (κ3) is 4.51. The molecule has 0 spiro atoms. The minimum atomic E-state index is 0.165. The number of benzene rings is 1. The van der Waals surface area contributed by atoms with Crippen LogP contribution in [0.4, 0.5) is 0 Å². The molecule has 108 valence electrons. The number of aliphatic hydroxyl groups excluding tert-OH is 1. The SMILES string of the molecule is CNC(c1ccc(OC(C)C)cc1)C(CO)C(C)C. The molecule has 2 N–H and O–H groups in total. The van der Waals surface area contributed by atoms with Crippen LogP contribution in [0.3, 0.4) is 0 Å². The van der Waals surface area contributed by atoms with Crippen molar-refractivity contribution in [2.45, 2.75) is 39.8 Å². The molecular formula is C16H27NO2. The first-order valence-electron chi connectivity index (χ1n) is 7.04. The molecule has 0 heterocycles. The van der Waals surface area contributed by atoms with E-state index >= 15 is 0 Å². The first kappa shape index (κ1) is 16.0. The molecule has 0 saturated heterocycles. The van der Waals surface area contributed by atoms with Crippen molar-refractivity contribution in [2.24, 2.45) is 11.8 Å². The maximum absolute atomic E-state index is 9.57. The number of nitrogens with one attached hydrogen (secondary N) is 1. The maximum Gasteiger partial charge on any atom is 0.119 e. The van der Waals surface area contributed by atoms with Gasteiger partial charge in [0.1, 0.15) is 5.75 Å². The van der Waals surface area contributed by atoms with Gasteiger partial charge < -0.3 is 15.2 Å². The predicted molar refractivity (Wildman–Crippen MR) is 79.4 cm³/mol. The highest BCUT2D eigenvalue weighted by Gasteiger charge is 2.24. The number of hydrogen-bond donors (Lipinski definition) is 2. The smallest absolute Gasteiger partial charge is 0.119 e. The molecular weight excluding hydrogens is 238 g/mol. The first-order chi connectivity index (χ1) is 8.99. The average molecular weight is 265 g/mol. The quantitative estimate of drug-likeness (QED) is 0.796. The molecule has 0 amide bonds. The van der Waals surface area contributed by atoms with Crippen molar-refractivity contribution in [1.82, 2.24) is 5.32 Å². The third-order valence-electron chi connectivity index (χ3n) is 3.42. The van der Waals surface area contributed by atoms with Gasteiger partial charge >= 0.3 is 0 Å². The van der Waals surface area contributed by atoms with Crippen LogP contribution in [0.1, 0.15) is 39.3 Å². The Morgan fingerprint density at radius 3 is 2.05 bits per heavy atom. The van der Waals surface area contributed by atoms with Crippen molar-refractivity contribution in [3.05, 3.63) is 29.8 Å². The van der Waals surface area contributed by atoms with Crippen LogP contribution in [0.2, 0.25) is 0 Å². The molecule has 3 nitrogen and oxygen atoms in total. The van der Waals surface area contributed by atoms with Crippen LogP contribution in [0, 0.1) is 11.8 Å². The van der Waals surface area contributed by atoms with Gasteiger partial charge in [0.15, 0.2) is 0 Å². The van der Waals surface area contributed by atoms with Gasteiger partial charge in [0.05, 0.1) is 6.10 Å². The lowest BCUT2D eigenvalue weighted by molar-refractivity contribution is 0.154. The lowest BCUT2D eigenvalue weighted by Gasteiger charge is -2.29.